The van der Waals surface area contributed by atoms with Crippen LogP contribution in [0.25, 0.3) is 0 Å². The van der Waals surface area contributed by atoms with Gasteiger partial charge in [0.05, 0.1) is 6.10 Å². The fourth-order valence-electron chi connectivity index (χ4n) is 1.90. The van der Waals surface area contributed by atoms with E-state index >= 15 is 0 Å². The highest BCUT2D eigenvalue weighted by Gasteiger charge is 2.21. The van der Waals surface area contributed by atoms with Crippen molar-refractivity contribution in [3.8, 4) is 0 Å². The zero-order chi connectivity index (χ0) is 13.3. The molecular weight excluding hydrogens is 216 g/mol. The summed E-state index contributed by atoms with van der Waals surface area (Å²) in [5.41, 5.74) is -0.328. The zero-order valence-corrected chi connectivity index (χ0v) is 11.8. The Morgan fingerprint density at radius 2 is 1.94 bits per heavy atom. The quantitative estimate of drug-likeness (QED) is 0.499. The Bertz CT molecular complexity index is 210. The van der Waals surface area contributed by atoms with Crippen molar-refractivity contribution in [3.63, 3.8) is 0 Å². The van der Waals surface area contributed by atoms with Gasteiger partial charge in [-0.15, -0.1) is 0 Å². The first-order valence-corrected chi connectivity index (χ1v) is 6.77. The number of esters is 1. The van der Waals surface area contributed by atoms with Gasteiger partial charge in [-0.05, 0) is 40.0 Å². The zero-order valence-electron chi connectivity index (χ0n) is 11.8. The van der Waals surface area contributed by atoms with Crippen LogP contribution in [0.4, 0.5) is 0 Å². The van der Waals surface area contributed by atoms with Crippen molar-refractivity contribution in [1.82, 2.24) is 0 Å². The third-order valence-corrected chi connectivity index (χ3v) is 2.74. The van der Waals surface area contributed by atoms with Crippen LogP contribution in [-0.2, 0) is 9.53 Å². The number of ether oxygens (including phenoxy) is 1. The van der Waals surface area contributed by atoms with Crippen molar-refractivity contribution in [2.24, 2.45) is 0 Å². The molecule has 0 rings (SSSR count). The molecule has 0 saturated carbocycles. The lowest BCUT2D eigenvalue weighted by molar-refractivity contribution is -0.157. The van der Waals surface area contributed by atoms with E-state index < -0.39 is 0 Å². The lowest BCUT2D eigenvalue weighted by Crippen LogP contribution is -2.27. The van der Waals surface area contributed by atoms with Crippen LogP contribution in [0.1, 0.15) is 72.6 Å². The summed E-state index contributed by atoms with van der Waals surface area (Å²) in [6.07, 6.45) is 5.81. The van der Waals surface area contributed by atoms with Gasteiger partial charge in [0, 0.05) is 6.42 Å². The second-order valence-electron chi connectivity index (χ2n) is 5.43. The van der Waals surface area contributed by atoms with E-state index in [2.05, 4.69) is 6.92 Å². The minimum Gasteiger partial charge on any atom is -0.460 e. The molecule has 1 atom stereocenters. The first-order valence-electron chi connectivity index (χ1n) is 6.77. The van der Waals surface area contributed by atoms with Crippen molar-refractivity contribution >= 4 is 5.97 Å². The van der Waals surface area contributed by atoms with Gasteiger partial charge in [-0.3, -0.25) is 4.79 Å². The van der Waals surface area contributed by atoms with Crippen LogP contribution in [0.3, 0.4) is 0 Å². The predicted molar refractivity (Wildman–Crippen MR) is 69.8 cm³/mol. The van der Waals surface area contributed by atoms with Gasteiger partial charge in [0.1, 0.15) is 5.60 Å². The van der Waals surface area contributed by atoms with Crippen molar-refractivity contribution in [1.29, 1.82) is 0 Å². The molecule has 0 aliphatic rings. The molecule has 1 unspecified atom stereocenters. The maximum absolute atomic E-state index is 11.6. The molecular formula is C14H28O3. The Labute approximate surface area is 106 Å². The Morgan fingerprint density at radius 1 is 1.29 bits per heavy atom. The smallest absolute Gasteiger partial charge is 0.306 e. The summed E-state index contributed by atoms with van der Waals surface area (Å²) < 4.78 is 5.42. The summed E-state index contributed by atoms with van der Waals surface area (Å²) in [5.74, 6) is -0.0968. The Morgan fingerprint density at radius 3 is 2.47 bits per heavy atom. The van der Waals surface area contributed by atoms with E-state index in [0.717, 1.165) is 38.5 Å². The molecule has 0 aromatic rings. The number of rotatable bonds is 9. The number of carbonyl (C=O) groups excluding carboxylic acids is 1. The molecule has 0 amide bonds. The SMILES string of the molecule is CCCC(C)(C)OC(=O)CCCCCC(C)O. The number of carbonyl (C=O) groups is 1. The predicted octanol–water partition coefficient (Wildman–Crippen LogP) is 3.44. The van der Waals surface area contributed by atoms with Gasteiger partial charge in [0.15, 0.2) is 0 Å². The molecule has 0 spiro atoms. The summed E-state index contributed by atoms with van der Waals surface area (Å²) in [6, 6.07) is 0. The van der Waals surface area contributed by atoms with Crippen LogP contribution in [-0.4, -0.2) is 22.8 Å². The number of unbranched alkanes of at least 4 members (excludes halogenated alkanes) is 2. The number of hydrogen-bond acceptors (Lipinski definition) is 3. The molecule has 0 radical (unpaired) electrons. The van der Waals surface area contributed by atoms with Gasteiger partial charge in [0.2, 0.25) is 0 Å². The molecule has 3 nitrogen and oxygen atoms in total. The van der Waals surface area contributed by atoms with E-state index in [4.69, 9.17) is 9.84 Å². The van der Waals surface area contributed by atoms with Gasteiger partial charge >= 0.3 is 5.97 Å². The van der Waals surface area contributed by atoms with Crippen molar-refractivity contribution in [3.05, 3.63) is 0 Å². The van der Waals surface area contributed by atoms with Gasteiger partial charge in [0.25, 0.3) is 0 Å². The van der Waals surface area contributed by atoms with E-state index in [0.29, 0.717) is 6.42 Å². The van der Waals surface area contributed by atoms with E-state index in [9.17, 15) is 4.79 Å². The van der Waals surface area contributed by atoms with Crippen LogP contribution in [0.5, 0.6) is 0 Å². The Balaban J connectivity index is 3.59. The Hall–Kier alpha value is -0.570. The molecule has 0 heterocycles. The first-order chi connectivity index (χ1) is 7.87. The van der Waals surface area contributed by atoms with Crippen molar-refractivity contribution in [2.75, 3.05) is 0 Å². The van der Waals surface area contributed by atoms with E-state index in [-0.39, 0.29) is 17.7 Å². The molecule has 1 N–H and O–H groups in total. The highest BCUT2D eigenvalue weighted by molar-refractivity contribution is 5.69. The number of hydrogen-bond donors (Lipinski definition) is 1. The normalized spacial score (nSPS) is 13.5. The Kier molecular flexibility index (Phi) is 8.23. The lowest BCUT2D eigenvalue weighted by atomic mass is 10.0. The van der Waals surface area contributed by atoms with Crippen LogP contribution < -0.4 is 0 Å². The summed E-state index contributed by atoms with van der Waals surface area (Å²) >= 11 is 0. The molecule has 0 saturated heterocycles. The fourth-order valence-corrected chi connectivity index (χ4v) is 1.90. The average molecular weight is 244 g/mol. The number of aliphatic hydroxyl groups excluding tert-OH is 1. The maximum Gasteiger partial charge on any atom is 0.306 e. The van der Waals surface area contributed by atoms with E-state index in [1.807, 2.05) is 13.8 Å². The van der Waals surface area contributed by atoms with Gasteiger partial charge in [-0.25, -0.2) is 0 Å². The van der Waals surface area contributed by atoms with E-state index in [1.165, 1.54) is 0 Å². The van der Waals surface area contributed by atoms with Gasteiger partial charge < -0.3 is 9.84 Å². The molecule has 17 heavy (non-hydrogen) atoms. The van der Waals surface area contributed by atoms with Gasteiger partial charge in [-0.2, -0.15) is 0 Å². The van der Waals surface area contributed by atoms with Crippen LogP contribution in [0.2, 0.25) is 0 Å². The molecule has 0 aliphatic carbocycles. The van der Waals surface area contributed by atoms with Crippen LogP contribution in [0.15, 0.2) is 0 Å². The second-order valence-corrected chi connectivity index (χ2v) is 5.43. The fraction of sp³-hybridized carbons (Fsp3) is 0.929. The third-order valence-electron chi connectivity index (χ3n) is 2.74. The summed E-state index contributed by atoms with van der Waals surface area (Å²) in [5, 5.41) is 9.08. The van der Waals surface area contributed by atoms with Crippen LogP contribution in [0, 0.1) is 0 Å². The minimum atomic E-state index is -0.328. The van der Waals surface area contributed by atoms with Crippen molar-refractivity contribution < 1.29 is 14.6 Å². The maximum atomic E-state index is 11.6. The molecule has 102 valence electrons. The lowest BCUT2D eigenvalue weighted by Gasteiger charge is -2.24. The highest BCUT2D eigenvalue weighted by atomic mass is 16.6. The average Bonchev–Trinajstić information content (AvgIpc) is 2.15. The summed E-state index contributed by atoms with van der Waals surface area (Å²) in [6.45, 7) is 7.80. The van der Waals surface area contributed by atoms with Crippen molar-refractivity contribution in [2.45, 2.75) is 84.3 Å². The summed E-state index contributed by atoms with van der Waals surface area (Å²) in [7, 11) is 0. The number of aliphatic hydroxyl groups is 1. The largest absolute Gasteiger partial charge is 0.460 e. The molecule has 0 aromatic carbocycles. The van der Waals surface area contributed by atoms with Gasteiger partial charge in [-0.1, -0.05) is 26.2 Å². The monoisotopic (exact) mass is 244 g/mol. The standard InChI is InChI=1S/C14H28O3/c1-5-11-14(3,4)17-13(16)10-8-6-7-9-12(2)15/h12,15H,5-11H2,1-4H3. The highest BCUT2D eigenvalue weighted by Crippen LogP contribution is 2.18. The topological polar surface area (TPSA) is 46.5 Å². The summed E-state index contributed by atoms with van der Waals surface area (Å²) in [4.78, 5) is 11.6. The minimum absolute atomic E-state index is 0.0968. The first kappa shape index (κ1) is 16.4. The molecule has 0 aliphatic heterocycles. The molecule has 3 heteroatoms. The van der Waals surface area contributed by atoms with Crippen LogP contribution >= 0.6 is 0 Å². The second kappa shape index (κ2) is 8.51. The molecule has 0 bridgehead atoms. The third kappa shape index (κ3) is 10.3. The molecule has 0 aromatic heterocycles. The van der Waals surface area contributed by atoms with E-state index in [1.54, 1.807) is 6.92 Å². The molecule has 0 fully saturated rings.